The van der Waals surface area contributed by atoms with Gasteiger partial charge in [-0.05, 0) is 41.5 Å². The Kier molecular flexibility index (Phi) is 5.03. The number of aromatic nitrogens is 2. The fourth-order valence-electron chi connectivity index (χ4n) is 3.65. The standard InChI is InChI=1S/C23H22N4O3/c28-23(21-2-1-11-30-21)25-18-6-3-16(4-7-18)17-5-8-19-20(14-17)26-22(15-24-19)27-9-12-29-13-10-27/h1,3-8,11,14-15,21H,2,9-10,12-13H2,(H,25,28). The molecule has 0 aliphatic carbocycles. The minimum Gasteiger partial charge on any atom is -0.488 e. The number of hydrogen-bond acceptors (Lipinski definition) is 6. The van der Waals surface area contributed by atoms with Gasteiger partial charge in [0.25, 0.3) is 5.91 Å². The summed E-state index contributed by atoms with van der Waals surface area (Å²) in [6.07, 6.45) is 5.41. The van der Waals surface area contributed by atoms with E-state index in [0.717, 1.165) is 46.8 Å². The van der Waals surface area contributed by atoms with Crippen molar-refractivity contribution in [2.45, 2.75) is 12.5 Å². The molecule has 3 heterocycles. The van der Waals surface area contributed by atoms with Gasteiger partial charge in [0.05, 0.1) is 36.7 Å². The molecule has 2 aliphatic rings. The van der Waals surface area contributed by atoms with Gasteiger partial charge in [0.1, 0.15) is 5.82 Å². The Balaban J connectivity index is 1.35. The zero-order valence-corrected chi connectivity index (χ0v) is 16.5. The molecular formula is C23H22N4O3. The maximum Gasteiger partial charge on any atom is 0.265 e. The summed E-state index contributed by atoms with van der Waals surface area (Å²) in [6, 6.07) is 13.9. The average molecular weight is 402 g/mol. The number of benzene rings is 2. The summed E-state index contributed by atoms with van der Waals surface area (Å²) >= 11 is 0. The molecular weight excluding hydrogens is 380 g/mol. The number of anilines is 2. The van der Waals surface area contributed by atoms with E-state index in [1.165, 1.54) is 0 Å². The third-order valence-corrected chi connectivity index (χ3v) is 5.33. The van der Waals surface area contributed by atoms with E-state index in [0.29, 0.717) is 19.6 Å². The molecule has 1 atom stereocenters. The van der Waals surface area contributed by atoms with Gasteiger partial charge in [-0.1, -0.05) is 18.2 Å². The molecule has 1 fully saturated rings. The van der Waals surface area contributed by atoms with E-state index in [2.05, 4.69) is 21.3 Å². The number of nitrogens with zero attached hydrogens (tertiary/aromatic N) is 3. The molecule has 3 aromatic rings. The maximum absolute atomic E-state index is 12.2. The summed E-state index contributed by atoms with van der Waals surface area (Å²) in [6.45, 7) is 3.09. The molecule has 0 spiro atoms. The second-order valence-electron chi connectivity index (χ2n) is 7.33. The van der Waals surface area contributed by atoms with Crippen LogP contribution in [0.3, 0.4) is 0 Å². The van der Waals surface area contributed by atoms with Crippen LogP contribution in [0.4, 0.5) is 11.5 Å². The van der Waals surface area contributed by atoms with Gasteiger partial charge in [-0.3, -0.25) is 9.78 Å². The number of carbonyl (C=O) groups is 1. The lowest BCUT2D eigenvalue weighted by molar-refractivity contribution is -0.123. The van der Waals surface area contributed by atoms with Crippen molar-refractivity contribution in [2.24, 2.45) is 0 Å². The highest BCUT2D eigenvalue weighted by Crippen LogP contribution is 2.26. The Morgan fingerprint density at radius 2 is 1.83 bits per heavy atom. The maximum atomic E-state index is 12.2. The lowest BCUT2D eigenvalue weighted by Gasteiger charge is -2.27. The van der Waals surface area contributed by atoms with E-state index >= 15 is 0 Å². The van der Waals surface area contributed by atoms with Crippen LogP contribution in [0, 0.1) is 0 Å². The summed E-state index contributed by atoms with van der Waals surface area (Å²) in [5.41, 5.74) is 4.57. The van der Waals surface area contributed by atoms with E-state index in [4.69, 9.17) is 14.5 Å². The number of ether oxygens (including phenoxy) is 2. The van der Waals surface area contributed by atoms with Gasteiger partial charge in [0.2, 0.25) is 0 Å². The molecule has 152 valence electrons. The third-order valence-electron chi connectivity index (χ3n) is 5.33. The summed E-state index contributed by atoms with van der Waals surface area (Å²) in [5.74, 6) is 0.744. The molecule has 0 radical (unpaired) electrons. The van der Waals surface area contributed by atoms with Gasteiger partial charge in [-0.2, -0.15) is 0 Å². The molecule has 7 heteroatoms. The SMILES string of the molecule is O=C(Nc1ccc(-c2ccc3ncc(N4CCOCC4)nc3c2)cc1)C1CC=CO1. The Labute approximate surface area is 174 Å². The van der Waals surface area contributed by atoms with E-state index in [9.17, 15) is 4.79 Å². The summed E-state index contributed by atoms with van der Waals surface area (Å²) in [4.78, 5) is 23.8. The van der Waals surface area contributed by atoms with Gasteiger partial charge < -0.3 is 19.7 Å². The zero-order chi connectivity index (χ0) is 20.3. The van der Waals surface area contributed by atoms with Crippen molar-refractivity contribution < 1.29 is 14.3 Å². The molecule has 2 aliphatic heterocycles. The summed E-state index contributed by atoms with van der Waals surface area (Å²) in [7, 11) is 0. The third kappa shape index (κ3) is 3.84. The summed E-state index contributed by atoms with van der Waals surface area (Å²) < 4.78 is 10.7. The van der Waals surface area contributed by atoms with E-state index in [-0.39, 0.29) is 5.91 Å². The number of nitrogens with one attached hydrogen (secondary N) is 1. The Morgan fingerprint density at radius 1 is 1.03 bits per heavy atom. The monoisotopic (exact) mass is 402 g/mol. The first kappa shape index (κ1) is 18.6. The molecule has 0 bridgehead atoms. The smallest absolute Gasteiger partial charge is 0.265 e. The molecule has 7 nitrogen and oxygen atoms in total. The highest BCUT2D eigenvalue weighted by atomic mass is 16.5. The van der Waals surface area contributed by atoms with Crippen LogP contribution in [-0.4, -0.2) is 48.3 Å². The van der Waals surface area contributed by atoms with Crippen LogP contribution in [0.25, 0.3) is 22.2 Å². The minimum absolute atomic E-state index is 0.135. The number of amides is 1. The highest BCUT2D eigenvalue weighted by Gasteiger charge is 2.20. The molecule has 5 rings (SSSR count). The fourth-order valence-corrected chi connectivity index (χ4v) is 3.65. The van der Waals surface area contributed by atoms with Crippen LogP contribution in [0.5, 0.6) is 0 Å². The lowest BCUT2D eigenvalue weighted by atomic mass is 10.0. The highest BCUT2D eigenvalue weighted by molar-refractivity contribution is 5.94. The normalized spacial score (nSPS) is 18.4. The van der Waals surface area contributed by atoms with E-state index < -0.39 is 6.10 Å². The number of fused-ring (bicyclic) bond motifs is 1. The average Bonchev–Trinajstić information content (AvgIpc) is 3.35. The largest absolute Gasteiger partial charge is 0.488 e. The van der Waals surface area contributed by atoms with Crippen molar-refractivity contribution in [3.05, 3.63) is 61.0 Å². The van der Waals surface area contributed by atoms with Crippen LogP contribution in [-0.2, 0) is 14.3 Å². The van der Waals surface area contributed by atoms with E-state index in [1.54, 1.807) is 6.26 Å². The Morgan fingerprint density at radius 3 is 2.60 bits per heavy atom. The quantitative estimate of drug-likeness (QED) is 0.721. The second-order valence-corrected chi connectivity index (χ2v) is 7.33. The lowest BCUT2D eigenvalue weighted by Crippen LogP contribution is -2.36. The Bertz CT molecular complexity index is 1080. The predicted octanol–water partition coefficient (Wildman–Crippen LogP) is 3.37. The van der Waals surface area contributed by atoms with Crippen LogP contribution < -0.4 is 10.2 Å². The van der Waals surface area contributed by atoms with Gasteiger partial charge >= 0.3 is 0 Å². The van der Waals surface area contributed by atoms with Gasteiger partial charge in [0.15, 0.2) is 6.10 Å². The molecule has 1 N–H and O–H groups in total. The number of rotatable bonds is 4. The van der Waals surface area contributed by atoms with Gasteiger partial charge in [-0.15, -0.1) is 0 Å². The topological polar surface area (TPSA) is 76.6 Å². The minimum atomic E-state index is -0.440. The van der Waals surface area contributed by atoms with Crippen LogP contribution in [0.15, 0.2) is 61.0 Å². The van der Waals surface area contributed by atoms with Crippen molar-refractivity contribution >= 4 is 28.4 Å². The predicted molar refractivity (Wildman–Crippen MR) is 115 cm³/mol. The van der Waals surface area contributed by atoms with Crippen molar-refractivity contribution in [1.29, 1.82) is 0 Å². The number of carbonyl (C=O) groups excluding carboxylic acids is 1. The summed E-state index contributed by atoms with van der Waals surface area (Å²) in [5, 5.41) is 2.89. The molecule has 30 heavy (non-hydrogen) atoms. The number of hydrogen-bond donors (Lipinski definition) is 1. The van der Waals surface area contributed by atoms with Crippen LogP contribution in [0.1, 0.15) is 6.42 Å². The Hall–Kier alpha value is -3.45. The molecule has 0 saturated carbocycles. The van der Waals surface area contributed by atoms with Gasteiger partial charge in [-0.25, -0.2) is 4.98 Å². The van der Waals surface area contributed by atoms with E-state index in [1.807, 2.05) is 48.7 Å². The molecule has 1 aromatic heterocycles. The molecule has 1 saturated heterocycles. The number of morpholine rings is 1. The molecule has 1 amide bonds. The van der Waals surface area contributed by atoms with Crippen molar-refractivity contribution in [2.75, 3.05) is 36.5 Å². The molecule has 1 unspecified atom stereocenters. The first-order chi connectivity index (χ1) is 14.8. The van der Waals surface area contributed by atoms with Crippen LogP contribution in [0.2, 0.25) is 0 Å². The van der Waals surface area contributed by atoms with Crippen molar-refractivity contribution in [3.63, 3.8) is 0 Å². The first-order valence-corrected chi connectivity index (χ1v) is 10.1. The second kappa shape index (κ2) is 8.12. The first-order valence-electron chi connectivity index (χ1n) is 10.1. The van der Waals surface area contributed by atoms with Crippen molar-refractivity contribution in [1.82, 2.24) is 9.97 Å². The van der Waals surface area contributed by atoms with Crippen LogP contribution >= 0.6 is 0 Å². The van der Waals surface area contributed by atoms with Gasteiger partial charge in [0, 0.05) is 25.2 Å². The van der Waals surface area contributed by atoms with Crippen molar-refractivity contribution in [3.8, 4) is 11.1 Å². The zero-order valence-electron chi connectivity index (χ0n) is 16.5. The molecule has 2 aromatic carbocycles. The fraction of sp³-hybridized carbons (Fsp3) is 0.261.